The van der Waals surface area contributed by atoms with Crippen molar-refractivity contribution in [1.82, 2.24) is 0 Å². The standard InChI is InChI=1S/C22H38N2O3/c1-20-8-6-17(25)13-15(20)3-4-19-18(20)7-9-21(2)16(5-10-22(19,21)26)14-24-27-12-11-23/h14-19,25-26H,3-13,23H2,1-2H3/b24-14+/t15-,16+,17+,18+,19-,20+,21-,22+/m1/s1. The topological polar surface area (TPSA) is 88.1 Å². The molecule has 4 saturated carbocycles. The number of nitrogens with zero attached hydrogens (tertiary/aromatic N) is 1. The maximum Gasteiger partial charge on any atom is 0.129 e. The van der Waals surface area contributed by atoms with Crippen LogP contribution in [-0.2, 0) is 4.84 Å². The van der Waals surface area contributed by atoms with Gasteiger partial charge in [0.15, 0.2) is 0 Å². The van der Waals surface area contributed by atoms with E-state index in [2.05, 4.69) is 19.0 Å². The molecule has 0 aromatic rings. The third kappa shape index (κ3) is 2.87. The first-order valence-electron chi connectivity index (χ1n) is 11.1. The van der Waals surface area contributed by atoms with Gasteiger partial charge in [-0.15, -0.1) is 0 Å². The molecule has 0 heterocycles. The van der Waals surface area contributed by atoms with Gasteiger partial charge in [-0.2, -0.15) is 0 Å². The predicted octanol–water partition coefficient (Wildman–Crippen LogP) is 3.08. The van der Waals surface area contributed by atoms with Crippen molar-refractivity contribution in [2.24, 2.45) is 45.4 Å². The fraction of sp³-hybridized carbons (Fsp3) is 0.955. The van der Waals surface area contributed by atoms with E-state index in [-0.39, 0.29) is 22.9 Å². The monoisotopic (exact) mass is 378 g/mol. The number of oxime groups is 1. The smallest absolute Gasteiger partial charge is 0.129 e. The van der Waals surface area contributed by atoms with Crippen LogP contribution in [0.25, 0.3) is 0 Å². The Labute approximate surface area is 163 Å². The Morgan fingerprint density at radius 3 is 2.67 bits per heavy atom. The highest BCUT2D eigenvalue weighted by molar-refractivity contribution is 5.63. The average Bonchev–Trinajstić information content (AvgIpc) is 2.91. The van der Waals surface area contributed by atoms with Crippen molar-refractivity contribution >= 4 is 6.21 Å². The molecule has 5 nitrogen and oxygen atoms in total. The van der Waals surface area contributed by atoms with Gasteiger partial charge in [0, 0.05) is 24.1 Å². The molecule has 0 unspecified atom stereocenters. The second kappa shape index (κ2) is 7.00. The second-order valence-electron chi connectivity index (χ2n) is 10.3. The summed E-state index contributed by atoms with van der Waals surface area (Å²) in [5.74, 6) is 1.88. The van der Waals surface area contributed by atoms with E-state index in [1.54, 1.807) is 0 Å². The van der Waals surface area contributed by atoms with Gasteiger partial charge >= 0.3 is 0 Å². The number of fused-ring (bicyclic) bond motifs is 5. The molecule has 0 aromatic carbocycles. The minimum atomic E-state index is -0.593. The lowest BCUT2D eigenvalue weighted by Gasteiger charge is -2.63. The molecule has 4 fully saturated rings. The molecule has 8 atom stereocenters. The lowest BCUT2D eigenvalue weighted by Crippen LogP contribution is -2.62. The highest BCUT2D eigenvalue weighted by Gasteiger charge is 2.66. The fourth-order valence-corrected chi connectivity index (χ4v) is 7.70. The number of hydrogen-bond acceptors (Lipinski definition) is 5. The van der Waals surface area contributed by atoms with Crippen LogP contribution in [0, 0.1) is 34.5 Å². The van der Waals surface area contributed by atoms with Crippen LogP contribution in [0.3, 0.4) is 0 Å². The zero-order valence-corrected chi connectivity index (χ0v) is 17.1. The normalized spacial score (nSPS) is 52.3. The molecule has 0 amide bonds. The molecule has 0 aromatic heterocycles. The number of hydrogen-bond donors (Lipinski definition) is 3. The van der Waals surface area contributed by atoms with E-state index in [1.165, 1.54) is 6.42 Å². The molecule has 0 bridgehead atoms. The first kappa shape index (κ1) is 19.7. The Kier molecular flexibility index (Phi) is 5.09. The van der Waals surface area contributed by atoms with Crippen molar-refractivity contribution in [2.45, 2.75) is 83.3 Å². The third-order valence-corrected chi connectivity index (χ3v) is 9.42. The van der Waals surface area contributed by atoms with Crippen LogP contribution in [0.15, 0.2) is 5.16 Å². The summed E-state index contributed by atoms with van der Waals surface area (Å²) in [5.41, 5.74) is 5.05. The molecule has 4 rings (SSSR count). The molecule has 4 aliphatic carbocycles. The first-order chi connectivity index (χ1) is 12.8. The Morgan fingerprint density at radius 1 is 1.07 bits per heavy atom. The minimum absolute atomic E-state index is 0.110. The van der Waals surface area contributed by atoms with Gasteiger partial charge in [0.2, 0.25) is 0 Å². The van der Waals surface area contributed by atoms with Gasteiger partial charge in [-0.1, -0.05) is 19.0 Å². The zero-order valence-electron chi connectivity index (χ0n) is 17.1. The van der Waals surface area contributed by atoms with Gasteiger partial charge in [0.1, 0.15) is 6.61 Å². The van der Waals surface area contributed by atoms with Gasteiger partial charge < -0.3 is 20.8 Å². The van der Waals surface area contributed by atoms with Crippen LogP contribution in [0.2, 0.25) is 0 Å². The van der Waals surface area contributed by atoms with Gasteiger partial charge in [0.05, 0.1) is 11.7 Å². The Morgan fingerprint density at radius 2 is 1.89 bits per heavy atom. The van der Waals surface area contributed by atoms with E-state index in [1.807, 2.05) is 6.21 Å². The molecule has 0 saturated heterocycles. The van der Waals surface area contributed by atoms with E-state index >= 15 is 0 Å². The lowest BCUT2D eigenvalue weighted by atomic mass is 9.43. The number of rotatable bonds is 4. The van der Waals surface area contributed by atoms with Gasteiger partial charge in [-0.3, -0.25) is 0 Å². The van der Waals surface area contributed by atoms with E-state index < -0.39 is 5.60 Å². The van der Waals surface area contributed by atoms with E-state index in [9.17, 15) is 10.2 Å². The molecule has 4 aliphatic rings. The number of nitrogens with two attached hydrogens (primary N) is 1. The van der Waals surface area contributed by atoms with Crippen LogP contribution >= 0.6 is 0 Å². The van der Waals surface area contributed by atoms with Crippen LogP contribution < -0.4 is 5.73 Å². The number of aliphatic hydroxyl groups excluding tert-OH is 1. The van der Waals surface area contributed by atoms with E-state index in [0.717, 1.165) is 51.4 Å². The summed E-state index contributed by atoms with van der Waals surface area (Å²) in [5, 5.41) is 26.4. The maximum absolute atomic E-state index is 12.0. The van der Waals surface area contributed by atoms with Crippen LogP contribution in [-0.4, -0.2) is 41.3 Å². The molecule has 4 N–H and O–H groups in total. The lowest BCUT2D eigenvalue weighted by molar-refractivity contribution is -0.206. The highest BCUT2D eigenvalue weighted by Crippen LogP contribution is 2.68. The molecular formula is C22H38N2O3. The molecular weight excluding hydrogens is 340 g/mol. The van der Waals surface area contributed by atoms with Crippen molar-refractivity contribution in [2.75, 3.05) is 13.2 Å². The highest BCUT2D eigenvalue weighted by atomic mass is 16.6. The second-order valence-corrected chi connectivity index (χ2v) is 10.3. The van der Waals surface area contributed by atoms with E-state index in [4.69, 9.17) is 10.6 Å². The summed E-state index contributed by atoms with van der Waals surface area (Å²) in [4.78, 5) is 5.24. The van der Waals surface area contributed by atoms with Crippen LogP contribution in [0.4, 0.5) is 0 Å². The summed E-state index contributed by atoms with van der Waals surface area (Å²) >= 11 is 0. The van der Waals surface area contributed by atoms with Crippen molar-refractivity contribution in [3.63, 3.8) is 0 Å². The minimum Gasteiger partial charge on any atom is -0.395 e. The van der Waals surface area contributed by atoms with Gasteiger partial charge in [-0.25, -0.2) is 0 Å². The SMILES string of the molecule is C[C@]12CC[C@H](O)C[C@H]1CC[C@@H]1[C@@H]2CC[C@]2(C)[C@H](/C=N/OCCN)CC[C@]12O. The van der Waals surface area contributed by atoms with Crippen molar-refractivity contribution in [1.29, 1.82) is 0 Å². The summed E-state index contributed by atoms with van der Waals surface area (Å²) in [6, 6.07) is 0. The molecule has 0 aliphatic heterocycles. The predicted molar refractivity (Wildman–Crippen MR) is 106 cm³/mol. The summed E-state index contributed by atoms with van der Waals surface area (Å²) in [6.45, 7) is 5.66. The van der Waals surface area contributed by atoms with Crippen LogP contribution in [0.5, 0.6) is 0 Å². The molecule has 5 heteroatoms. The maximum atomic E-state index is 12.0. The van der Waals surface area contributed by atoms with E-state index in [0.29, 0.717) is 30.9 Å². The Balaban J connectivity index is 1.56. The van der Waals surface area contributed by atoms with Crippen molar-refractivity contribution < 1.29 is 15.1 Å². The summed E-state index contributed by atoms with van der Waals surface area (Å²) < 4.78 is 0. The average molecular weight is 379 g/mol. The molecule has 27 heavy (non-hydrogen) atoms. The fourth-order valence-electron chi connectivity index (χ4n) is 7.70. The van der Waals surface area contributed by atoms with Gasteiger partial charge in [-0.05, 0) is 81.0 Å². The first-order valence-corrected chi connectivity index (χ1v) is 11.1. The van der Waals surface area contributed by atoms with Gasteiger partial charge in [0.25, 0.3) is 0 Å². The van der Waals surface area contributed by atoms with Crippen molar-refractivity contribution in [3.8, 4) is 0 Å². The third-order valence-electron chi connectivity index (χ3n) is 9.42. The molecule has 0 radical (unpaired) electrons. The Hall–Kier alpha value is -0.650. The summed E-state index contributed by atoms with van der Waals surface area (Å²) in [6.07, 6.45) is 11.2. The van der Waals surface area contributed by atoms with Crippen LogP contribution in [0.1, 0.15) is 71.6 Å². The Bertz CT molecular complexity index is 584. The quantitative estimate of drug-likeness (QED) is 0.398. The molecule has 154 valence electrons. The number of aliphatic hydroxyl groups is 2. The molecule has 0 spiro atoms. The zero-order chi connectivity index (χ0) is 19.3. The van der Waals surface area contributed by atoms with Crippen molar-refractivity contribution in [3.05, 3.63) is 0 Å². The summed E-state index contributed by atoms with van der Waals surface area (Å²) in [7, 11) is 0. The largest absolute Gasteiger partial charge is 0.395 e.